The second-order valence-corrected chi connectivity index (χ2v) is 5.05. The molecule has 6 heteroatoms. The van der Waals surface area contributed by atoms with Crippen LogP contribution in [-0.2, 0) is 4.74 Å². The van der Waals surface area contributed by atoms with E-state index < -0.39 is 0 Å². The van der Waals surface area contributed by atoms with Gasteiger partial charge in [-0.1, -0.05) is 0 Å². The maximum Gasteiger partial charge on any atom is 0.263 e. The van der Waals surface area contributed by atoms with Crippen molar-refractivity contribution in [3.05, 3.63) is 39.7 Å². The van der Waals surface area contributed by atoms with Gasteiger partial charge in [-0.25, -0.2) is 4.98 Å². The minimum absolute atomic E-state index is 0.156. The van der Waals surface area contributed by atoms with E-state index in [2.05, 4.69) is 10.3 Å². The van der Waals surface area contributed by atoms with Gasteiger partial charge in [0.2, 0.25) is 0 Å². The summed E-state index contributed by atoms with van der Waals surface area (Å²) in [6, 6.07) is 3.41. The number of hydrogen-bond donors (Lipinski definition) is 1. The number of thiazole rings is 1. The number of aryl methyl sites for hydroxylation is 2. The van der Waals surface area contributed by atoms with Crippen LogP contribution < -0.4 is 5.32 Å². The molecule has 0 fully saturated rings. The SMILES string of the molecule is COCC(NC(=O)c1scnc1C)c1ccc(C)o1. The number of aromatic nitrogens is 1. The van der Waals surface area contributed by atoms with Crippen LogP contribution in [-0.4, -0.2) is 24.6 Å². The van der Waals surface area contributed by atoms with Crippen molar-refractivity contribution in [1.29, 1.82) is 0 Å². The highest BCUT2D eigenvalue weighted by Crippen LogP contribution is 2.19. The molecule has 19 heavy (non-hydrogen) atoms. The molecule has 2 heterocycles. The van der Waals surface area contributed by atoms with Crippen molar-refractivity contribution in [2.45, 2.75) is 19.9 Å². The van der Waals surface area contributed by atoms with Gasteiger partial charge in [-0.3, -0.25) is 4.79 Å². The largest absolute Gasteiger partial charge is 0.464 e. The Labute approximate surface area is 115 Å². The first-order valence-electron chi connectivity index (χ1n) is 5.88. The Balaban J connectivity index is 2.13. The number of carbonyl (C=O) groups is 1. The van der Waals surface area contributed by atoms with E-state index in [4.69, 9.17) is 9.15 Å². The number of rotatable bonds is 5. The fourth-order valence-corrected chi connectivity index (χ4v) is 2.45. The summed E-state index contributed by atoms with van der Waals surface area (Å²) in [7, 11) is 1.59. The number of nitrogens with one attached hydrogen (secondary N) is 1. The Morgan fingerprint density at radius 2 is 2.32 bits per heavy atom. The highest BCUT2D eigenvalue weighted by molar-refractivity contribution is 7.11. The zero-order valence-corrected chi connectivity index (χ0v) is 11.9. The molecule has 1 atom stereocenters. The maximum absolute atomic E-state index is 12.2. The van der Waals surface area contributed by atoms with E-state index in [0.717, 1.165) is 11.5 Å². The second-order valence-electron chi connectivity index (χ2n) is 4.20. The number of furan rings is 1. The van der Waals surface area contributed by atoms with Crippen molar-refractivity contribution in [2.75, 3.05) is 13.7 Å². The van der Waals surface area contributed by atoms with E-state index in [-0.39, 0.29) is 11.9 Å². The van der Waals surface area contributed by atoms with Gasteiger partial charge in [0.1, 0.15) is 22.4 Å². The first-order chi connectivity index (χ1) is 9.11. The molecule has 1 N–H and O–H groups in total. The van der Waals surface area contributed by atoms with Crippen LogP contribution in [0.1, 0.15) is 32.9 Å². The summed E-state index contributed by atoms with van der Waals surface area (Å²) in [5.74, 6) is 1.34. The van der Waals surface area contributed by atoms with Crippen molar-refractivity contribution in [3.8, 4) is 0 Å². The Hall–Kier alpha value is -1.66. The molecule has 0 saturated carbocycles. The number of carbonyl (C=O) groups excluding carboxylic acids is 1. The molecule has 5 nitrogen and oxygen atoms in total. The van der Waals surface area contributed by atoms with Crippen molar-refractivity contribution >= 4 is 17.2 Å². The predicted octanol–water partition coefficient (Wildman–Crippen LogP) is 2.47. The standard InChI is InChI=1S/C13H16N2O3S/c1-8-4-5-11(18-8)10(6-17-3)15-13(16)12-9(2)14-7-19-12/h4-5,7,10H,6H2,1-3H3,(H,15,16). The molecule has 0 bridgehead atoms. The number of hydrogen-bond acceptors (Lipinski definition) is 5. The van der Waals surface area contributed by atoms with Gasteiger partial charge in [0, 0.05) is 7.11 Å². The molecule has 0 saturated heterocycles. The molecule has 0 aliphatic heterocycles. The fourth-order valence-electron chi connectivity index (χ4n) is 1.75. The van der Waals surface area contributed by atoms with Gasteiger partial charge in [-0.05, 0) is 26.0 Å². The fraction of sp³-hybridized carbons (Fsp3) is 0.385. The number of amides is 1. The van der Waals surface area contributed by atoms with Crippen LogP contribution in [0.25, 0.3) is 0 Å². The average Bonchev–Trinajstić information content (AvgIpc) is 2.97. The summed E-state index contributed by atoms with van der Waals surface area (Å²) < 4.78 is 10.7. The van der Waals surface area contributed by atoms with Crippen LogP contribution in [0.2, 0.25) is 0 Å². The Morgan fingerprint density at radius 1 is 1.53 bits per heavy atom. The molecular formula is C13H16N2O3S. The Bertz CT molecular complexity index is 562. The Morgan fingerprint density at radius 3 is 2.84 bits per heavy atom. The summed E-state index contributed by atoms with van der Waals surface area (Å²) in [6.07, 6.45) is 0. The second kappa shape index (κ2) is 5.99. The van der Waals surface area contributed by atoms with Crippen LogP contribution in [0, 0.1) is 13.8 Å². The van der Waals surface area contributed by atoms with Gasteiger partial charge in [-0.15, -0.1) is 11.3 Å². The van der Waals surface area contributed by atoms with Gasteiger partial charge in [0.05, 0.1) is 17.8 Å². The third kappa shape index (κ3) is 3.21. The molecule has 2 aromatic rings. The van der Waals surface area contributed by atoms with Crippen molar-refractivity contribution < 1.29 is 13.9 Å². The zero-order valence-electron chi connectivity index (χ0n) is 11.1. The number of methoxy groups -OCH3 is 1. The third-order valence-electron chi connectivity index (χ3n) is 2.69. The molecule has 2 rings (SSSR count). The molecule has 2 aromatic heterocycles. The molecule has 1 unspecified atom stereocenters. The lowest BCUT2D eigenvalue weighted by Gasteiger charge is -2.15. The van der Waals surface area contributed by atoms with E-state index in [0.29, 0.717) is 17.2 Å². The van der Waals surface area contributed by atoms with Crippen LogP contribution in [0.3, 0.4) is 0 Å². The van der Waals surface area contributed by atoms with Gasteiger partial charge < -0.3 is 14.5 Å². The summed E-state index contributed by atoms with van der Waals surface area (Å²) in [6.45, 7) is 4.03. The summed E-state index contributed by atoms with van der Waals surface area (Å²) in [4.78, 5) is 16.8. The smallest absolute Gasteiger partial charge is 0.263 e. The van der Waals surface area contributed by atoms with Crippen molar-refractivity contribution in [3.63, 3.8) is 0 Å². The molecule has 102 valence electrons. The van der Waals surface area contributed by atoms with E-state index >= 15 is 0 Å². The van der Waals surface area contributed by atoms with Crippen molar-refractivity contribution in [2.24, 2.45) is 0 Å². The molecular weight excluding hydrogens is 264 g/mol. The van der Waals surface area contributed by atoms with Crippen LogP contribution in [0.5, 0.6) is 0 Å². The quantitative estimate of drug-likeness (QED) is 0.913. The highest BCUT2D eigenvalue weighted by Gasteiger charge is 2.20. The zero-order chi connectivity index (χ0) is 13.8. The van der Waals surface area contributed by atoms with Crippen molar-refractivity contribution in [1.82, 2.24) is 10.3 Å². The van der Waals surface area contributed by atoms with Gasteiger partial charge in [0.15, 0.2) is 0 Å². The van der Waals surface area contributed by atoms with E-state index in [9.17, 15) is 4.79 Å². The summed E-state index contributed by atoms with van der Waals surface area (Å²) >= 11 is 1.32. The van der Waals surface area contributed by atoms with Crippen LogP contribution in [0.15, 0.2) is 22.1 Å². The predicted molar refractivity (Wildman–Crippen MR) is 72.4 cm³/mol. The monoisotopic (exact) mass is 280 g/mol. The Kier molecular flexibility index (Phi) is 4.34. The van der Waals surface area contributed by atoms with Crippen LogP contribution in [0.4, 0.5) is 0 Å². The summed E-state index contributed by atoms with van der Waals surface area (Å²) in [5.41, 5.74) is 2.39. The molecule has 0 aliphatic carbocycles. The molecule has 0 radical (unpaired) electrons. The average molecular weight is 280 g/mol. The highest BCUT2D eigenvalue weighted by atomic mass is 32.1. The van der Waals surface area contributed by atoms with E-state index in [1.165, 1.54) is 11.3 Å². The van der Waals surface area contributed by atoms with Gasteiger partial charge >= 0.3 is 0 Å². The number of nitrogens with zero attached hydrogens (tertiary/aromatic N) is 1. The van der Waals surface area contributed by atoms with Crippen LogP contribution >= 0.6 is 11.3 Å². The van der Waals surface area contributed by atoms with Gasteiger partial charge in [-0.2, -0.15) is 0 Å². The third-order valence-corrected chi connectivity index (χ3v) is 3.62. The first kappa shape index (κ1) is 13.8. The molecule has 0 aliphatic rings. The normalized spacial score (nSPS) is 12.4. The molecule has 0 aromatic carbocycles. The lowest BCUT2D eigenvalue weighted by molar-refractivity contribution is 0.0885. The number of ether oxygens (including phenoxy) is 1. The van der Waals surface area contributed by atoms with Gasteiger partial charge in [0.25, 0.3) is 5.91 Å². The summed E-state index contributed by atoms with van der Waals surface area (Å²) in [5, 5.41) is 2.90. The maximum atomic E-state index is 12.2. The topological polar surface area (TPSA) is 64.4 Å². The van der Waals surface area contributed by atoms with E-state index in [1.807, 2.05) is 26.0 Å². The molecule has 1 amide bonds. The lowest BCUT2D eigenvalue weighted by atomic mass is 10.2. The lowest BCUT2D eigenvalue weighted by Crippen LogP contribution is -2.31. The minimum Gasteiger partial charge on any atom is -0.464 e. The minimum atomic E-state index is -0.298. The molecule has 0 spiro atoms. The van der Waals surface area contributed by atoms with E-state index in [1.54, 1.807) is 12.6 Å². The first-order valence-corrected chi connectivity index (χ1v) is 6.76.